The number of nitrogens with zero attached hydrogens (tertiary/aromatic N) is 2. The van der Waals surface area contributed by atoms with Crippen molar-refractivity contribution in [1.29, 1.82) is 0 Å². The average Bonchev–Trinajstić information content (AvgIpc) is 2.71. The summed E-state index contributed by atoms with van der Waals surface area (Å²) in [7, 11) is -3.48. The molecular formula is C21H24ClN3O3S. The second-order valence-corrected chi connectivity index (χ2v) is 9.12. The van der Waals surface area contributed by atoms with Crippen LogP contribution in [0, 0.1) is 6.92 Å². The molecule has 0 aliphatic carbocycles. The lowest BCUT2D eigenvalue weighted by atomic mass is 10.2. The van der Waals surface area contributed by atoms with E-state index in [1.807, 2.05) is 48.2 Å². The average molecular weight is 434 g/mol. The van der Waals surface area contributed by atoms with Crippen molar-refractivity contribution >= 4 is 39.3 Å². The van der Waals surface area contributed by atoms with E-state index in [1.54, 1.807) is 18.2 Å². The molecule has 0 aromatic heterocycles. The number of anilines is 1. The van der Waals surface area contributed by atoms with Crippen molar-refractivity contribution in [3.05, 3.63) is 70.1 Å². The van der Waals surface area contributed by atoms with Gasteiger partial charge in [0, 0.05) is 42.3 Å². The molecule has 1 saturated heterocycles. The number of carbonyl (C=O) groups excluding carboxylic acids is 1. The fourth-order valence-corrected chi connectivity index (χ4v) is 4.44. The summed E-state index contributed by atoms with van der Waals surface area (Å²) in [5.41, 5.74) is 2.35. The van der Waals surface area contributed by atoms with Gasteiger partial charge in [-0.15, -0.1) is 0 Å². The van der Waals surface area contributed by atoms with Crippen LogP contribution in [-0.4, -0.2) is 56.3 Å². The Morgan fingerprint density at radius 1 is 1.07 bits per heavy atom. The fourth-order valence-electron chi connectivity index (χ4n) is 3.09. The van der Waals surface area contributed by atoms with Crippen molar-refractivity contribution < 1.29 is 13.2 Å². The van der Waals surface area contributed by atoms with E-state index in [2.05, 4.69) is 5.32 Å². The minimum atomic E-state index is -3.48. The molecule has 154 valence electrons. The van der Waals surface area contributed by atoms with Gasteiger partial charge in [-0.1, -0.05) is 48.0 Å². The number of sulfonamides is 1. The van der Waals surface area contributed by atoms with Gasteiger partial charge in [0.25, 0.3) is 0 Å². The van der Waals surface area contributed by atoms with E-state index in [4.69, 9.17) is 11.6 Å². The van der Waals surface area contributed by atoms with Crippen LogP contribution in [0.3, 0.4) is 0 Å². The molecule has 0 unspecified atom stereocenters. The summed E-state index contributed by atoms with van der Waals surface area (Å²) < 4.78 is 26.5. The molecule has 1 aliphatic rings. The molecule has 1 N–H and O–H groups in total. The number of benzene rings is 2. The van der Waals surface area contributed by atoms with E-state index in [0.717, 1.165) is 11.1 Å². The maximum atomic E-state index is 12.5. The molecule has 0 spiro atoms. The van der Waals surface area contributed by atoms with Crippen molar-refractivity contribution in [3.63, 3.8) is 0 Å². The van der Waals surface area contributed by atoms with Crippen LogP contribution in [0.4, 0.5) is 5.69 Å². The molecule has 1 heterocycles. The van der Waals surface area contributed by atoms with Gasteiger partial charge >= 0.3 is 0 Å². The molecule has 29 heavy (non-hydrogen) atoms. The Kier molecular flexibility index (Phi) is 7.08. The minimum Gasteiger partial charge on any atom is -0.325 e. The number of hydrogen-bond donors (Lipinski definition) is 1. The van der Waals surface area contributed by atoms with Gasteiger partial charge in [0.15, 0.2) is 0 Å². The van der Waals surface area contributed by atoms with Gasteiger partial charge < -0.3 is 5.32 Å². The lowest BCUT2D eigenvalue weighted by molar-refractivity contribution is -0.117. The van der Waals surface area contributed by atoms with Crippen LogP contribution in [-0.2, 0) is 14.8 Å². The zero-order valence-corrected chi connectivity index (χ0v) is 17.8. The summed E-state index contributed by atoms with van der Waals surface area (Å²) in [6.45, 7) is 3.76. The van der Waals surface area contributed by atoms with E-state index in [-0.39, 0.29) is 12.5 Å². The topological polar surface area (TPSA) is 69.7 Å². The van der Waals surface area contributed by atoms with Crippen LogP contribution in [0.5, 0.6) is 0 Å². The molecule has 1 amide bonds. The standard InChI is InChI=1S/C21H24ClN3O3S/c1-17-19(22)8-5-9-20(17)23-21(26)16-24-11-13-25(14-12-24)29(27,28)15-10-18-6-3-2-4-7-18/h2-10,15H,11-14,16H2,1H3,(H,23,26)/b15-10-. The molecule has 1 fully saturated rings. The van der Waals surface area contributed by atoms with E-state index in [9.17, 15) is 13.2 Å². The molecule has 8 heteroatoms. The highest BCUT2D eigenvalue weighted by Crippen LogP contribution is 2.23. The Hall–Kier alpha value is -2.19. The first-order chi connectivity index (χ1) is 13.8. The first kappa shape index (κ1) is 21.5. The number of piperazine rings is 1. The largest absolute Gasteiger partial charge is 0.325 e. The SMILES string of the molecule is Cc1c(Cl)cccc1NC(=O)CN1CCN(S(=O)(=O)/C=C\c2ccccc2)CC1. The van der Waals surface area contributed by atoms with Crippen LogP contribution in [0.15, 0.2) is 53.9 Å². The summed E-state index contributed by atoms with van der Waals surface area (Å²) in [4.78, 5) is 14.3. The molecule has 0 atom stereocenters. The normalized spacial score (nSPS) is 16.2. The quantitative estimate of drug-likeness (QED) is 0.759. The number of rotatable bonds is 6. The highest BCUT2D eigenvalue weighted by atomic mass is 35.5. The fraction of sp³-hybridized carbons (Fsp3) is 0.286. The lowest BCUT2D eigenvalue weighted by Crippen LogP contribution is -2.49. The summed E-state index contributed by atoms with van der Waals surface area (Å²) in [6, 6.07) is 14.7. The van der Waals surface area contributed by atoms with Crippen molar-refractivity contribution in [2.24, 2.45) is 0 Å². The number of nitrogens with one attached hydrogen (secondary N) is 1. The van der Waals surface area contributed by atoms with Gasteiger partial charge in [0.2, 0.25) is 15.9 Å². The first-order valence-corrected chi connectivity index (χ1v) is 11.2. The van der Waals surface area contributed by atoms with Crippen molar-refractivity contribution in [1.82, 2.24) is 9.21 Å². The number of carbonyl (C=O) groups is 1. The molecule has 2 aromatic carbocycles. The molecular weight excluding hydrogens is 410 g/mol. The van der Waals surface area contributed by atoms with E-state index >= 15 is 0 Å². The predicted molar refractivity (Wildman–Crippen MR) is 117 cm³/mol. The maximum absolute atomic E-state index is 12.5. The van der Waals surface area contributed by atoms with Crippen LogP contribution in [0.25, 0.3) is 6.08 Å². The molecule has 1 aliphatic heterocycles. The molecule has 2 aromatic rings. The third kappa shape index (κ3) is 5.90. The van der Waals surface area contributed by atoms with Gasteiger partial charge in [0.05, 0.1) is 6.54 Å². The van der Waals surface area contributed by atoms with Crippen molar-refractivity contribution in [2.75, 3.05) is 38.0 Å². The zero-order valence-electron chi connectivity index (χ0n) is 16.2. The van der Waals surface area contributed by atoms with Crippen molar-refractivity contribution in [3.8, 4) is 0 Å². The van der Waals surface area contributed by atoms with Crippen LogP contribution in [0.1, 0.15) is 11.1 Å². The smallest absolute Gasteiger partial charge is 0.238 e. The zero-order chi connectivity index (χ0) is 20.9. The Morgan fingerprint density at radius 2 is 1.76 bits per heavy atom. The summed E-state index contributed by atoms with van der Waals surface area (Å²) in [5, 5.41) is 4.71. The first-order valence-electron chi connectivity index (χ1n) is 9.36. The Labute approximate surface area is 176 Å². The summed E-state index contributed by atoms with van der Waals surface area (Å²) in [5.74, 6) is -0.143. The second kappa shape index (κ2) is 9.54. The Bertz CT molecular complexity index is 985. The molecule has 0 radical (unpaired) electrons. The Morgan fingerprint density at radius 3 is 2.45 bits per heavy atom. The lowest BCUT2D eigenvalue weighted by Gasteiger charge is -2.32. The van der Waals surface area contributed by atoms with Gasteiger partial charge in [-0.05, 0) is 36.3 Å². The molecule has 3 rings (SSSR count). The minimum absolute atomic E-state index is 0.143. The highest BCUT2D eigenvalue weighted by molar-refractivity contribution is 7.92. The number of amides is 1. The summed E-state index contributed by atoms with van der Waals surface area (Å²) in [6.07, 6.45) is 1.60. The highest BCUT2D eigenvalue weighted by Gasteiger charge is 2.26. The summed E-state index contributed by atoms with van der Waals surface area (Å²) >= 11 is 6.08. The third-order valence-corrected chi connectivity index (χ3v) is 6.81. The van der Waals surface area contributed by atoms with Crippen LogP contribution < -0.4 is 5.32 Å². The number of hydrogen-bond acceptors (Lipinski definition) is 4. The van der Waals surface area contributed by atoms with Crippen LogP contribution >= 0.6 is 11.6 Å². The van der Waals surface area contributed by atoms with Gasteiger partial charge in [-0.2, -0.15) is 4.31 Å². The van der Waals surface area contributed by atoms with Gasteiger partial charge in [-0.3, -0.25) is 9.69 Å². The molecule has 0 saturated carbocycles. The third-order valence-electron chi connectivity index (χ3n) is 4.83. The van der Waals surface area contributed by atoms with E-state index in [1.165, 1.54) is 9.71 Å². The van der Waals surface area contributed by atoms with E-state index < -0.39 is 10.0 Å². The Balaban J connectivity index is 1.51. The van der Waals surface area contributed by atoms with Gasteiger partial charge in [-0.25, -0.2) is 8.42 Å². The maximum Gasteiger partial charge on any atom is 0.238 e. The van der Waals surface area contributed by atoms with Gasteiger partial charge in [0.1, 0.15) is 0 Å². The molecule has 0 bridgehead atoms. The predicted octanol–water partition coefficient (Wildman–Crippen LogP) is 3.21. The number of halogens is 1. The van der Waals surface area contributed by atoms with Crippen LogP contribution in [0.2, 0.25) is 5.02 Å². The second-order valence-electron chi connectivity index (χ2n) is 6.89. The van der Waals surface area contributed by atoms with Crippen molar-refractivity contribution in [2.45, 2.75) is 6.92 Å². The molecule has 6 nitrogen and oxygen atoms in total. The van der Waals surface area contributed by atoms with E-state index in [0.29, 0.717) is 36.9 Å². The monoisotopic (exact) mass is 433 g/mol.